The minimum Gasteiger partial charge on any atom is -0.458 e. The standard InChI is InChI=1S/C25H33FO6/c1-5-21(30)32-13-20(29)25(31)14(2)10-18-17-7-6-15-11-16(27)8-9-22(15,3)24(17,26)19(28)12-23(18,25)4/h8-9,11,14,17-19,28,31H,5-7,10,12-13H2,1-4H3/t14-,17-,18+,19-,22-,23-,24+,25+/m0/s1. The normalized spacial score (nSPS) is 47.2. The number of esters is 1. The van der Waals surface area contributed by atoms with Crippen molar-refractivity contribution in [3.63, 3.8) is 0 Å². The molecular formula is C25H33FO6. The quantitative estimate of drug-likeness (QED) is 0.642. The van der Waals surface area contributed by atoms with E-state index >= 15 is 4.39 Å². The van der Waals surface area contributed by atoms with Gasteiger partial charge in [0, 0.05) is 23.2 Å². The van der Waals surface area contributed by atoms with Crippen LogP contribution in [0.25, 0.3) is 0 Å². The molecule has 3 fully saturated rings. The van der Waals surface area contributed by atoms with Gasteiger partial charge in [-0.25, -0.2) is 4.39 Å². The maximum Gasteiger partial charge on any atom is 0.305 e. The maximum absolute atomic E-state index is 17.1. The first-order valence-electron chi connectivity index (χ1n) is 11.6. The molecule has 0 radical (unpaired) electrons. The van der Waals surface area contributed by atoms with Crippen LogP contribution < -0.4 is 0 Å². The number of fused-ring (bicyclic) bond motifs is 5. The number of Topliss-reactive ketones (excluding diaryl/α,β-unsaturated/α-hetero) is 1. The van der Waals surface area contributed by atoms with Crippen LogP contribution in [0, 0.1) is 28.6 Å². The van der Waals surface area contributed by atoms with Crippen molar-refractivity contribution in [3.8, 4) is 0 Å². The van der Waals surface area contributed by atoms with Crippen molar-refractivity contribution >= 4 is 17.5 Å². The molecule has 0 saturated heterocycles. The number of hydrogen-bond donors (Lipinski definition) is 2. The molecule has 8 atom stereocenters. The number of ether oxygens (including phenoxy) is 1. The van der Waals surface area contributed by atoms with Gasteiger partial charge in [0.05, 0.1) is 6.10 Å². The van der Waals surface area contributed by atoms with E-state index in [9.17, 15) is 24.6 Å². The van der Waals surface area contributed by atoms with Crippen molar-refractivity contribution in [2.45, 2.75) is 77.2 Å². The highest BCUT2D eigenvalue weighted by Gasteiger charge is 2.75. The van der Waals surface area contributed by atoms with E-state index in [0.717, 1.165) is 0 Å². The van der Waals surface area contributed by atoms with Crippen molar-refractivity contribution in [2.24, 2.45) is 28.6 Å². The fourth-order valence-corrected chi connectivity index (χ4v) is 7.50. The fraction of sp³-hybridized carbons (Fsp3) is 0.720. The molecule has 6 nitrogen and oxygen atoms in total. The summed E-state index contributed by atoms with van der Waals surface area (Å²) in [6, 6.07) is 0. The zero-order valence-corrected chi connectivity index (χ0v) is 19.2. The molecule has 7 heteroatoms. The lowest BCUT2D eigenvalue weighted by atomic mass is 9.44. The molecule has 0 aliphatic heterocycles. The number of carbonyl (C=O) groups excluding carboxylic acids is 3. The Bertz CT molecular complexity index is 925. The van der Waals surface area contributed by atoms with Gasteiger partial charge in [-0.15, -0.1) is 0 Å². The van der Waals surface area contributed by atoms with Crippen LogP contribution >= 0.6 is 0 Å². The Balaban J connectivity index is 1.73. The van der Waals surface area contributed by atoms with Gasteiger partial charge in [-0.2, -0.15) is 0 Å². The summed E-state index contributed by atoms with van der Waals surface area (Å²) < 4.78 is 22.1. The third kappa shape index (κ3) is 2.73. The molecule has 0 unspecified atom stereocenters. The Hall–Kier alpha value is -1.86. The Morgan fingerprint density at radius 2 is 1.97 bits per heavy atom. The lowest BCUT2D eigenvalue weighted by molar-refractivity contribution is -0.220. The number of rotatable bonds is 4. The second kappa shape index (κ2) is 7.32. The Kier molecular flexibility index (Phi) is 5.33. The highest BCUT2D eigenvalue weighted by Crippen LogP contribution is 2.70. The van der Waals surface area contributed by atoms with E-state index in [1.165, 1.54) is 12.2 Å². The number of aliphatic hydroxyl groups is 2. The average molecular weight is 449 g/mol. The third-order valence-electron chi connectivity index (χ3n) is 9.30. The summed E-state index contributed by atoms with van der Waals surface area (Å²) in [5.41, 5.74) is -5.33. The van der Waals surface area contributed by atoms with Gasteiger partial charge in [0.25, 0.3) is 0 Å². The monoisotopic (exact) mass is 448 g/mol. The Morgan fingerprint density at radius 1 is 1.28 bits per heavy atom. The van der Waals surface area contributed by atoms with Crippen LogP contribution in [0.2, 0.25) is 0 Å². The van der Waals surface area contributed by atoms with Crippen LogP contribution in [0.4, 0.5) is 4.39 Å². The van der Waals surface area contributed by atoms with Gasteiger partial charge >= 0.3 is 5.97 Å². The molecule has 4 rings (SSSR count). The topological polar surface area (TPSA) is 101 Å². The van der Waals surface area contributed by atoms with E-state index in [1.54, 1.807) is 33.8 Å². The molecule has 2 N–H and O–H groups in total. The molecular weight excluding hydrogens is 415 g/mol. The number of alkyl halides is 1. The summed E-state index contributed by atoms with van der Waals surface area (Å²) in [6.45, 7) is 6.35. The zero-order chi connectivity index (χ0) is 23.7. The van der Waals surface area contributed by atoms with Gasteiger partial charge < -0.3 is 14.9 Å². The van der Waals surface area contributed by atoms with Gasteiger partial charge in [0.1, 0.15) is 5.60 Å². The van der Waals surface area contributed by atoms with Crippen LogP contribution in [-0.2, 0) is 19.1 Å². The first-order valence-corrected chi connectivity index (χ1v) is 11.6. The van der Waals surface area contributed by atoms with E-state index in [0.29, 0.717) is 24.8 Å². The van der Waals surface area contributed by atoms with Crippen molar-refractivity contribution in [3.05, 3.63) is 23.8 Å². The summed E-state index contributed by atoms with van der Waals surface area (Å²) >= 11 is 0. The van der Waals surface area contributed by atoms with E-state index < -0.39 is 58.4 Å². The summed E-state index contributed by atoms with van der Waals surface area (Å²) in [6.07, 6.45) is 4.42. The molecule has 4 aliphatic carbocycles. The van der Waals surface area contributed by atoms with Gasteiger partial charge in [-0.3, -0.25) is 14.4 Å². The molecule has 0 aromatic heterocycles. The highest BCUT2D eigenvalue weighted by atomic mass is 19.1. The lowest BCUT2D eigenvalue weighted by Crippen LogP contribution is -2.69. The van der Waals surface area contributed by atoms with Gasteiger partial charge in [-0.1, -0.05) is 32.4 Å². The van der Waals surface area contributed by atoms with Crippen LogP contribution in [0.5, 0.6) is 0 Å². The number of ketones is 2. The molecule has 0 bridgehead atoms. The SMILES string of the molecule is CCC(=O)OCC(=O)[C@]1(O)[C@@H](C)C[C@@H]2[C@@H]3CCC4=CC(=O)C=C[C@]4(C)[C@]3(F)[C@@H](O)C[C@@]21C. The lowest BCUT2D eigenvalue weighted by Gasteiger charge is -2.62. The van der Waals surface area contributed by atoms with Gasteiger partial charge in [0.2, 0.25) is 5.78 Å². The van der Waals surface area contributed by atoms with E-state index in [2.05, 4.69) is 0 Å². The Morgan fingerprint density at radius 3 is 2.62 bits per heavy atom. The number of hydrogen-bond acceptors (Lipinski definition) is 6. The number of allylic oxidation sites excluding steroid dienone is 4. The molecule has 3 saturated carbocycles. The van der Waals surface area contributed by atoms with Crippen molar-refractivity contribution in [1.82, 2.24) is 0 Å². The number of carbonyl (C=O) groups is 3. The largest absolute Gasteiger partial charge is 0.458 e. The van der Waals surface area contributed by atoms with Crippen LogP contribution in [0.3, 0.4) is 0 Å². The summed E-state index contributed by atoms with van der Waals surface area (Å²) in [5, 5.41) is 23.0. The highest BCUT2D eigenvalue weighted by molar-refractivity contribution is 6.01. The molecule has 176 valence electrons. The first-order chi connectivity index (χ1) is 14.9. The molecule has 0 aromatic carbocycles. The predicted octanol–water partition coefficient (Wildman–Crippen LogP) is 2.86. The minimum atomic E-state index is -2.01. The molecule has 0 spiro atoms. The maximum atomic E-state index is 17.1. The average Bonchev–Trinajstić information content (AvgIpc) is 2.94. The van der Waals surface area contributed by atoms with Crippen molar-refractivity contribution < 1.29 is 33.7 Å². The Labute approximate surface area is 187 Å². The van der Waals surface area contributed by atoms with Crippen LogP contribution in [0.1, 0.15) is 59.8 Å². The number of halogens is 1. The predicted molar refractivity (Wildman–Crippen MR) is 114 cm³/mol. The van der Waals surface area contributed by atoms with Crippen molar-refractivity contribution in [1.29, 1.82) is 0 Å². The summed E-state index contributed by atoms with van der Waals surface area (Å²) in [4.78, 5) is 36.7. The molecule has 32 heavy (non-hydrogen) atoms. The second-order valence-corrected chi connectivity index (χ2v) is 10.6. The first kappa shape index (κ1) is 23.3. The second-order valence-electron chi connectivity index (χ2n) is 10.6. The summed E-state index contributed by atoms with van der Waals surface area (Å²) in [7, 11) is 0. The van der Waals surface area contributed by atoms with Gasteiger partial charge in [0.15, 0.2) is 18.1 Å². The number of aliphatic hydroxyl groups excluding tert-OH is 1. The van der Waals surface area contributed by atoms with Crippen LogP contribution in [0.15, 0.2) is 23.8 Å². The molecule has 0 amide bonds. The van der Waals surface area contributed by atoms with Gasteiger partial charge in [-0.05, 0) is 56.6 Å². The van der Waals surface area contributed by atoms with E-state index in [1.807, 2.05) is 0 Å². The molecule has 4 aliphatic rings. The smallest absolute Gasteiger partial charge is 0.305 e. The minimum absolute atomic E-state index is 0.0936. The molecule has 0 aromatic rings. The third-order valence-corrected chi connectivity index (χ3v) is 9.30. The molecule has 0 heterocycles. The van der Waals surface area contributed by atoms with E-state index in [-0.39, 0.29) is 24.5 Å². The van der Waals surface area contributed by atoms with Crippen molar-refractivity contribution in [2.75, 3.05) is 6.61 Å². The summed E-state index contributed by atoms with van der Waals surface area (Å²) in [5.74, 6) is -2.70. The van der Waals surface area contributed by atoms with E-state index in [4.69, 9.17) is 4.74 Å². The zero-order valence-electron chi connectivity index (χ0n) is 19.2. The fourth-order valence-electron chi connectivity index (χ4n) is 7.50. The van der Waals surface area contributed by atoms with Crippen LogP contribution in [-0.4, -0.2) is 51.7 Å².